The van der Waals surface area contributed by atoms with Crippen LogP contribution in [0.5, 0.6) is 0 Å². The molecule has 1 N–H and O–H groups in total. The van der Waals surface area contributed by atoms with Crippen molar-refractivity contribution in [1.82, 2.24) is 4.98 Å². The van der Waals surface area contributed by atoms with E-state index in [0.717, 1.165) is 29.6 Å². The molecule has 2 aromatic carbocycles. The van der Waals surface area contributed by atoms with Gasteiger partial charge in [-0.1, -0.05) is 11.6 Å². The van der Waals surface area contributed by atoms with Crippen molar-refractivity contribution in [2.45, 2.75) is 13.0 Å². The number of aromatic amines is 1. The molecule has 0 saturated heterocycles. The number of hydrogen-bond donors (Lipinski definition) is 1. The Morgan fingerprint density at radius 3 is 2.88 bits per heavy atom. The number of halogens is 1. The number of H-pyrrole nitrogens is 1. The summed E-state index contributed by atoms with van der Waals surface area (Å²) in [4.78, 5) is 17.5. The summed E-state index contributed by atoms with van der Waals surface area (Å²) < 4.78 is 4.83. The molecule has 0 aliphatic carbocycles. The third-order valence-electron chi connectivity index (χ3n) is 4.83. The van der Waals surface area contributed by atoms with Crippen molar-refractivity contribution in [1.29, 1.82) is 5.26 Å². The number of hydrogen-bond acceptors (Lipinski definition) is 4. The van der Waals surface area contributed by atoms with E-state index in [9.17, 15) is 4.79 Å². The second-order valence-corrected chi connectivity index (χ2v) is 6.69. The molecule has 0 amide bonds. The molecule has 1 aromatic heterocycles. The van der Waals surface area contributed by atoms with Crippen LogP contribution in [0.15, 0.2) is 36.4 Å². The predicted octanol–water partition coefficient (Wildman–Crippen LogP) is 4.04. The average molecular weight is 366 g/mol. The Labute approximate surface area is 155 Å². The zero-order chi connectivity index (χ0) is 18.3. The normalized spacial score (nSPS) is 13.3. The molecule has 1 aliphatic rings. The maximum absolute atomic E-state index is 11.8. The fraction of sp³-hybridized carbons (Fsp3) is 0.200. The zero-order valence-corrected chi connectivity index (χ0v) is 14.9. The highest BCUT2D eigenvalue weighted by atomic mass is 35.5. The molecule has 26 heavy (non-hydrogen) atoms. The molecule has 3 aromatic rings. The van der Waals surface area contributed by atoms with Crippen LogP contribution in [-0.4, -0.2) is 24.6 Å². The minimum atomic E-state index is -0.339. The predicted molar refractivity (Wildman–Crippen MR) is 101 cm³/mol. The van der Waals surface area contributed by atoms with Crippen LogP contribution in [0.1, 0.15) is 27.2 Å². The minimum Gasteiger partial charge on any atom is -0.465 e. The Morgan fingerprint density at radius 1 is 1.31 bits per heavy atom. The molecule has 6 heteroatoms. The summed E-state index contributed by atoms with van der Waals surface area (Å²) in [5.74, 6) is -0.339. The van der Waals surface area contributed by atoms with E-state index in [2.05, 4.69) is 16.0 Å². The van der Waals surface area contributed by atoms with Crippen molar-refractivity contribution in [3.05, 3.63) is 63.8 Å². The van der Waals surface area contributed by atoms with Crippen LogP contribution in [-0.2, 0) is 17.7 Å². The molecule has 0 fully saturated rings. The molecule has 1 aliphatic heterocycles. The SMILES string of the molecule is COC(=O)c1ccc2[nH]c3c(c2c1)CN(c1ccc(C#N)c(Cl)c1)CC3. The van der Waals surface area contributed by atoms with Gasteiger partial charge < -0.3 is 14.6 Å². The minimum absolute atomic E-state index is 0.339. The number of methoxy groups -OCH3 is 1. The number of nitrogens with zero attached hydrogens (tertiary/aromatic N) is 2. The number of carbonyl (C=O) groups is 1. The first-order valence-corrected chi connectivity index (χ1v) is 8.65. The number of ether oxygens (including phenoxy) is 1. The number of benzene rings is 2. The summed E-state index contributed by atoms with van der Waals surface area (Å²) in [6, 6.07) is 13.2. The van der Waals surface area contributed by atoms with E-state index in [4.69, 9.17) is 21.6 Å². The van der Waals surface area contributed by atoms with E-state index >= 15 is 0 Å². The molecular formula is C20H16ClN3O2. The molecule has 0 saturated carbocycles. The molecule has 0 atom stereocenters. The summed E-state index contributed by atoms with van der Waals surface area (Å²) in [7, 11) is 1.38. The van der Waals surface area contributed by atoms with Gasteiger partial charge in [-0.2, -0.15) is 5.26 Å². The lowest BCUT2D eigenvalue weighted by molar-refractivity contribution is 0.0601. The third kappa shape index (κ3) is 2.69. The lowest BCUT2D eigenvalue weighted by Gasteiger charge is -2.29. The van der Waals surface area contributed by atoms with E-state index in [1.165, 1.54) is 18.4 Å². The maximum atomic E-state index is 11.8. The number of aromatic nitrogens is 1. The zero-order valence-electron chi connectivity index (χ0n) is 14.2. The van der Waals surface area contributed by atoms with E-state index in [1.54, 1.807) is 12.1 Å². The van der Waals surface area contributed by atoms with Crippen LogP contribution in [0, 0.1) is 11.3 Å². The molecule has 0 bridgehead atoms. The summed E-state index contributed by atoms with van der Waals surface area (Å²) in [6.45, 7) is 1.56. The standard InChI is InChI=1S/C20H16ClN3O2/c1-26-20(25)12-3-5-18-15(8-12)16-11-24(7-6-19(16)23-18)14-4-2-13(10-22)17(21)9-14/h2-5,8-9,23H,6-7,11H2,1H3. The number of carbonyl (C=O) groups excluding carboxylic acids is 1. The van der Waals surface area contributed by atoms with Gasteiger partial charge in [0.25, 0.3) is 0 Å². The summed E-state index contributed by atoms with van der Waals surface area (Å²) in [5.41, 5.74) is 5.39. The van der Waals surface area contributed by atoms with Crippen molar-refractivity contribution < 1.29 is 9.53 Å². The number of nitriles is 1. The van der Waals surface area contributed by atoms with Gasteiger partial charge in [0.2, 0.25) is 0 Å². The van der Waals surface area contributed by atoms with Crippen molar-refractivity contribution in [2.24, 2.45) is 0 Å². The highest BCUT2D eigenvalue weighted by Gasteiger charge is 2.22. The van der Waals surface area contributed by atoms with Gasteiger partial charge in [-0.3, -0.25) is 0 Å². The van der Waals surface area contributed by atoms with Crippen LogP contribution >= 0.6 is 11.6 Å². The maximum Gasteiger partial charge on any atom is 0.337 e. The van der Waals surface area contributed by atoms with Gasteiger partial charge in [0.05, 0.1) is 23.3 Å². The molecule has 130 valence electrons. The van der Waals surface area contributed by atoms with E-state index in [-0.39, 0.29) is 5.97 Å². The fourth-order valence-electron chi connectivity index (χ4n) is 3.47. The first kappa shape index (κ1) is 16.5. The van der Waals surface area contributed by atoms with Gasteiger partial charge in [0, 0.05) is 47.4 Å². The van der Waals surface area contributed by atoms with Crippen molar-refractivity contribution in [2.75, 3.05) is 18.6 Å². The first-order valence-electron chi connectivity index (χ1n) is 8.27. The van der Waals surface area contributed by atoms with Gasteiger partial charge in [-0.05, 0) is 36.4 Å². The van der Waals surface area contributed by atoms with E-state index in [1.807, 2.05) is 24.3 Å². The van der Waals surface area contributed by atoms with Crippen LogP contribution in [0.25, 0.3) is 10.9 Å². The summed E-state index contributed by atoms with van der Waals surface area (Å²) in [5, 5.41) is 10.5. The van der Waals surface area contributed by atoms with Crippen LogP contribution < -0.4 is 4.90 Å². The number of esters is 1. The van der Waals surface area contributed by atoms with Gasteiger partial charge in [-0.15, -0.1) is 0 Å². The lowest BCUT2D eigenvalue weighted by atomic mass is 10.0. The highest BCUT2D eigenvalue weighted by Crippen LogP contribution is 2.32. The van der Waals surface area contributed by atoms with Gasteiger partial charge in [0.1, 0.15) is 6.07 Å². The van der Waals surface area contributed by atoms with Crippen LogP contribution in [0.3, 0.4) is 0 Å². The average Bonchev–Trinajstić information content (AvgIpc) is 3.04. The van der Waals surface area contributed by atoms with Crippen LogP contribution in [0.4, 0.5) is 5.69 Å². The molecule has 0 radical (unpaired) electrons. The van der Waals surface area contributed by atoms with Gasteiger partial charge in [0.15, 0.2) is 0 Å². The largest absolute Gasteiger partial charge is 0.465 e. The van der Waals surface area contributed by atoms with Crippen molar-refractivity contribution in [3.8, 4) is 6.07 Å². The Balaban J connectivity index is 1.72. The summed E-state index contributed by atoms with van der Waals surface area (Å²) in [6.07, 6.45) is 0.870. The van der Waals surface area contributed by atoms with Crippen molar-refractivity contribution >= 4 is 34.2 Å². The van der Waals surface area contributed by atoms with Gasteiger partial charge in [-0.25, -0.2) is 4.79 Å². The monoisotopic (exact) mass is 365 g/mol. The van der Waals surface area contributed by atoms with E-state index < -0.39 is 0 Å². The molecular weight excluding hydrogens is 350 g/mol. The molecule has 0 spiro atoms. The molecule has 0 unspecified atom stereocenters. The fourth-order valence-corrected chi connectivity index (χ4v) is 3.69. The Hall–Kier alpha value is -2.97. The van der Waals surface area contributed by atoms with Crippen LogP contribution in [0.2, 0.25) is 5.02 Å². The Bertz CT molecular complexity index is 1060. The number of fused-ring (bicyclic) bond motifs is 3. The smallest absolute Gasteiger partial charge is 0.337 e. The summed E-state index contributed by atoms with van der Waals surface area (Å²) >= 11 is 6.19. The quantitative estimate of drug-likeness (QED) is 0.696. The molecule has 2 heterocycles. The molecule has 5 nitrogen and oxygen atoms in total. The topological polar surface area (TPSA) is 69.1 Å². The highest BCUT2D eigenvalue weighted by molar-refractivity contribution is 6.32. The number of rotatable bonds is 2. The van der Waals surface area contributed by atoms with Gasteiger partial charge >= 0.3 is 5.97 Å². The molecule has 4 rings (SSSR count). The third-order valence-corrected chi connectivity index (χ3v) is 5.15. The number of nitrogens with one attached hydrogen (secondary N) is 1. The Morgan fingerprint density at radius 2 is 2.15 bits per heavy atom. The second kappa shape index (κ2) is 6.40. The first-order chi connectivity index (χ1) is 12.6. The van der Waals surface area contributed by atoms with Crippen molar-refractivity contribution in [3.63, 3.8) is 0 Å². The number of anilines is 1. The van der Waals surface area contributed by atoms with E-state index in [0.29, 0.717) is 22.7 Å². The lowest BCUT2D eigenvalue weighted by Crippen LogP contribution is -2.30. The second-order valence-electron chi connectivity index (χ2n) is 6.28. The Kier molecular flexibility index (Phi) is 4.06.